The summed E-state index contributed by atoms with van der Waals surface area (Å²) < 4.78 is 0. The fourth-order valence-corrected chi connectivity index (χ4v) is 5.98. The summed E-state index contributed by atoms with van der Waals surface area (Å²) in [5.74, 6) is 0.436. The highest BCUT2D eigenvalue weighted by molar-refractivity contribution is 7.18. The normalized spacial score (nSPS) is 13.2. The average molecular weight is 466 g/mol. The zero-order chi connectivity index (χ0) is 22.1. The van der Waals surface area contributed by atoms with E-state index in [1.807, 2.05) is 36.6 Å². The van der Waals surface area contributed by atoms with Gasteiger partial charge in [0.25, 0.3) is 5.56 Å². The quantitative estimate of drug-likeness (QED) is 0.374. The van der Waals surface area contributed by atoms with Crippen LogP contribution in [0.2, 0.25) is 0 Å². The van der Waals surface area contributed by atoms with Crippen molar-refractivity contribution >= 4 is 55.3 Å². The van der Waals surface area contributed by atoms with Crippen LogP contribution in [0.15, 0.2) is 34.4 Å². The van der Waals surface area contributed by atoms with E-state index >= 15 is 0 Å². The third-order valence-corrected chi connectivity index (χ3v) is 7.54. The van der Waals surface area contributed by atoms with Gasteiger partial charge in [-0.05, 0) is 56.4 Å². The van der Waals surface area contributed by atoms with Crippen molar-refractivity contribution in [1.29, 1.82) is 0 Å². The Morgan fingerprint density at radius 3 is 2.88 bits per heavy atom. The third kappa shape index (κ3) is 4.44. The summed E-state index contributed by atoms with van der Waals surface area (Å²) in [4.78, 5) is 39.2. The second-order valence-electron chi connectivity index (χ2n) is 7.95. The van der Waals surface area contributed by atoms with E-state index in [1.54, 1.807) is 11.3 Å². The predicted molar refractivity (Wildman–Crippen MR) is 130 cm³/mol. The molecule has 164 valence electrons. The molecule has 1 aliphatic carbocycles. The second-order valence-corrected chi connectivity index (χ2v) is 9.89. The van der Waals surface area contributed by atoms with Crippen LogP contribution in [-0.2, 0) is 24.1 Å². The topological polar surface area (TPSA) is 99.8 Å². The number of hydrogen-bond donors (Lipinski definition) is 3. The van der Waals surface area contributed by atoms with Gasteiger partial charge in [-0.15, -0.1) is 22.7 Å². The number of fused-ring (bicyclic) bond motifs is 3. The Balaban J connectivity index is 1.24. The fraction of sp³-hybridized carbons (Fsp3) is 0.304. The Kier molecular flexibility index (Phi) is 5.75. The number of aromatic nitrogens is 3. The minimum Gasteiger partial charge on any atom is -0.331 e. The van der Waals surface area contributed by atoms with Crippen LogP contribution in [0.1, 0.15) is 41.2 Å². The molecule has 3 heterocycles. The monoisotopic (exact) mass is 465 g/mol. The number of aryl methyl sites for hydroxylation is 4. The number of nitrogens with one attached hydrogen (secondary N) is 3. The molecule has 1 amide bonds. The van der Waals surface area contributed by atoms with Crippen LogP contribution in [0.25, 0.3) is 10.2 Å². The molecule has 7 nitrogen and oxygen atoms in total. The molecule has 32 heavy (non-hydrogen) atoms. The van der Waals surface area contributed by atoms with E-state index in [1.165, 1.54) is 28.2 Å². The number of nitrogens with zero attached hydrogens (tertiary/aromatic N) is 2. The van der Waals surface area contributed by atoms with Crippen molar-refractivity contribution in [2.24, 2.45) is 0 Å². The van der Waals surface area contributed by atoms with E-state index in [4.69, 9.17) is 0 Å². The van der Waals surface area contributed by atoms with E-state index in [0.29, 0.717) is 17.9 Å². The maximum atomic E-state index is 12.7. The lowest BCUT2D eigenvalue weighted by molar-refractivity contribution is -0.116. The van der Waals surface area contributed by atoms with E-state index in [9.17, 15) is 9.59 Å². The Labute approximate surface area is 193 Å². The molecule has 0 aliphatic heterocycles. The summed E-state index contributed by atoms with van der Waals surface area (Å²) in [6, 6.07) is 7.52. The summed E-state index contributed by atoms with van der Waals surface area (Å²) in [5.41, 5.74) is 3.62. The van der Waals surface area contributed by atoms with Crippen molar-refractivity contribution in [3.05, 3.63) is 62.0 Å². The fourth-order valence-electron chi connectivity index (χ4n) is 3.99. The van der Waals surface area contributed by atoms with Crippen molar-refractivity contribution < 1.29 is 4.79 Å². The van der Waals surface area contributed by atoms with E-state index in [0.717, 1.165) is 46.0 Å². The van der Waals surface area contributed by atoms with Gasteiger partial charge in [0.15, 0.2) is 5.13 Å². The highest BCUT2D eigenvalue weighted by atomic mass is 32.1. The number of amides is 1. The molecule has 0 fully saturated rings. The molecule has 3 aromatic heterocycles. The third-order valence-electron chi connectivity index (χ3n) is 5.48. The number of H-pyrrole nitrogens is 1. The number of aromatic amines is 1. The maximum absolute atomic E-state index is 12.7. The van der Waals surface area contributed by atoms with Crippen molar-refractivity contribution in [1.82, 2.24) is 15.0 Å². The van der Waals surface area contributed by atoms with Gasteiger partial charge in [0, 0.05) is 34.5 Å². The van der Waals surface area contributed by atoms with Crippen LogP contribution in [0.5, 0.6) is 0 Å². The summed E-state index contributed by atoms with van der Waals surface area (Å²) in [7, 11) is 0. The van der Waals surface area contributed by atoms with Crippen LogP contribution in [0.4, 0.5) is 16.5 Å². The number of thiazole rings is 1. The maximum Gasteiger partial charge on any atom is 0.259 e. The van der Waals surface area contributed by atoms with Crippen LogP contribution < -0.4 is 16.2 Å². The molecule has 0 radical (unpaired) electrons. The molecule has 0 unspecified atom stereocenters. The lowest BCUT2D eigenvalue weighted by Gasteiger charge is -2.09. The SMILES string of the molecule is Cc1csc(Nc2cccc(NC(=O)CCc3nc4sc5c(c4c(=O)[nH]3)CCCC5)c2)n1. The molecule has 0 spiro atoms. The first-order chi connectivity index (χ1) is 15.5. The Morgan fingerprint density at radius 1 is 1.19 bits per heavy atom. The molecule has 3 N–H and O–H groups in total. The number of benzene rings is 1. The Morgan fingerprint density at radius 2 is 2.03 bits per heavy atom. The van der Waals surface area contributed by atoms with Gasteiger partial charge in [0.1, 0.15) is 10.7 Å². The molecule has 0 atom stereocenters. The molecular formula is C23H23N5O2S2. The summed E-state index contributed by atoms with van der Waals surface area (Å²) in [6.07, 6.45) is 4.91. The first-order valence-electron chi connectivity index (χ1n) is 10.7. The second kappa shape index (κ2) is 8.84. The lowest BCUT2D eigenvalue weighted by Crippen LogP contribution is -2.16. The van der Waals surface area contributed by atoms with Gasteiger partial charge < -0.3 is 15.6 Å². The minimum absolute atomic E-state index is 0.0824. The molecular weight excluding hydrogens is 442 g/mol. The Bertz CT molecular complexity index is 1350. The number of rotatable bonds is 6. The van der Waals surface area contributed by atoms with Crippen LogP contribution in [0, 0.1) is 6.92 Å². The van der Waals surface area contributed by atoms with E-state index in [2.05, 4.69) is 25.6 Å². The zero-order valence-electron chi connectivity index (χ0n) is 17.7. The van der Waals surface area contributed by atoms with Gasteiger partial charge in [0.2, 0.25) is 5.91 Å². The molecule has 0 saturated carbocycles. The first-order valence-corrected chi connectivity index (χ1v) is 12.4. The van der Waals surface area contributed by atoms with Gasteiger partial charge in [0.05, 0.1) is 11.1 Å². The minimum atomic E-state index is -0.125. The van der Waals surface area contributed by atoms with Gasteiger partial charge in [-0.1, -0.05) is 6.07 Å². The van der Waals surface area contributed by atoms with Crippen LogP contribution in [0.3, 0.4) is 0 Å². The molecule has 0 bridgehead atoms. The number of carbonyl (C=O) groups is 1. The van der Waals surface area contributed by atoms with Gasteiger partial charge in [-0.25, -0.2) is 9.97 Å². The summed E-state index contributed by atoms with van der Waals surface area (Å²) >= 11 is 3.16. The lowest BCUT2D eigenvalue weighted by atomic mass is 9.97. The Hall–Kier alpha value is -3.04. The standard InChI is InChI=1S/C23H23N5O2S2/c1-13-12-31-23(24-13)26-15-6-4-5-14(11-15)25-19(29)10-9-18-27-21(30)20-16-7-2-3-8-17(16)32-22(20)28-18/h4-6,11-12H,2-3,7-10H2,1H3,(H,24,26)(H,25,29)(H,27,28,30). The van der Waals surface area contributed by atoms with Crippen molar-refractivity contribution in [2.75, 3.05) is 10.6 Å². The van der Waals surface area contributed by atoms with Crippen molar-refractivity contribution in [3.63, 3.8) is 0 Å². The predicted octanol–water partition coefficient (Wildman–Crippen LogP) is 4.94. The van der Waals surface area contributed by atoms with Crippen LogP contribution in [-0.4, -0.2) is 20.9 Å². The van der Waals surface area contributed by atoms with Crippen molar-refractivity contribution in [3.8, 4) is 0 Å². The molecule has 1 aliphatic rings. The number of carbonyl (C=O) groups excluding carboxylic acids is 1. The highest BCUT2D eigenvalue weighted by Crippen LogP contribution is 2.33. The van der Waals surface area contributed by atoms with E-state index < -0.39 is 0 Å². The first kappa shape index (κ1) is 20.8. The highest BCUT2D eigenvalue weighted by Gasteiger charge is 2.20. The zero-order valence-corrected chi connectivity index (χ0v) is 19.3. The summed E-state index contributed by atoms with van der Waals surface area (Å²) in [5, 5.41) is 9.71. The average Bonchev–Trinajstić information content (AvgIpc) is 3.35. The smallest absolute Gasteiger partial charge is 0.259 e. The number of hydrogen-bond acceptors (Lipinski definition) is 7. The molecule has 4 aromatic rings. The molecule has 0 saturated heterocycles. The van der Waals surface area contributed by atoms with E-state index in [-0.39, 0.29) is 17.9 Å². The number of thiophene rings is 1. The van der Waals surface area contributed by atoms with Gasteiger partial charge in [-0.2, -0.15) is 0 Å². The van der Waals surface area contributed by atoms with Gasteiger partial charge in [-0.3, -0.25) is 9.59 Å². The summed E-state index contributed by atoms with van der Waals surface area (Å²) in [6.45, 7) is 1.95. The molecule has 1 aromatic carbocycles. The van der Waals surface area contributed by atoms with Gasteiger partial charge >= 0.3 is 0 Å². The number of anilines is 3. The largest absolute Gasteiger partial charge is 0.331 e. The van der Waals surface area contributed by atoms with Crippen LogP contribution >= 0.6 is 22.7 Å². The molecule has 9 heteroatoms. The molecule has 5 rings (SSSR count). The van der Waals surface area contributed by atoms with Crippen molar-refractivity contribution in [2.45, 2.75) is 45.4 Å².